The van der Waals surface area contributed by atoms with Gasteiger partial charge in [0.05, 0.1) is 11.0 Å². The summed E-state index contributed by atoms with van der Waals surface area (Å²) in [7, 11) is 1.65. The lowest BCUT2D eigenvalue weighted by Gasteiger charge is -2.11. The molecule has 0 spiro atoms. The molecule has 1 aromatic rings. The average molecular weight is 237 g/mol. The first-order valence-corrected chi connectivity index (χ1v) is 5.19. The lowest BCUT2D eigenvalue weighted by Crippen LogP contribution is -2.35. The number of hydrogen-bond donors (Lipinski definition) is 2. The van der Waals surface area contributed by atoms with Gasteiger partial charge in [0.25, 0.3) is 5.69 Å². The number of nitro benzene ring substituents is 1. The molecule has 1 amide bonds. The smallest absolute Gasteiger partial charge is 0.292 e. The maximum absolute atomic E-state index is 11.6. The van der Waals surface area contributed by atoms with E-state index in [0.29, 0.717) is 0 Å². The molecule has 0 aliphatic rings. The summed E-state index contributed by atoms with van der Waals surface area (Å²) in [6.45, 7) is 3.48. The Kier molecular flexibility index (Phi) is 4.17. The second-order valence-electron chi connectivity index (χ2n) is 3.78. The zero-order chi connectivity index (χ0) is 13.0. The van der Waals surface area contributed by atoms with E-state index in [1.165, 1.54) is 6.07 Å². The monoisotopic (exact) mass is 237 g/mol. The van der Waals surface area contributed by atoms with Gasteiger partial charge in [-0.15, -0.1) is 0 Å². The Morgan fingerprint density at radius 2 is 2.12 bits per heavy atom. The van der Waals surface area contributed by atoms with Crippen LogP contribution >= 0.6 is 0 Å². The summed E-state index contributed by atoms with van der Waals surface area (Å²) in [5, 5.41) is 16.1. The van der Waals surface area contributed by atoms with Crippen LogP contribution < -0.4 is 10.6 Å². The quantitative estimate of drug-likeness (QED) is 0.613. The van der Waals surface area contributed by atoms with Gasteiger partial charge in [0, 0.05) is 6.07 Å². The summed E-state index contributed by atoms with van der Waals surface area (Å²) in [6.07, 6.45) is 0. The molecule has 92 valence electrons. The summed E-state index contributed by atoms with van der Waals surface area (Å²) in [4.78, 5) is 21.9. The lowest BCUT2D eigenvalue weighted by molar-refractivity contribution is -0.383. The number of aryl methyl sites for hydroxylation is 1. The fourth-order valence-electron chi connectivity index (χ4n) is 1.28. The van der Waals surface area contributed by atoms with E-state index in [2.05, 4.69) is 10.6 Å². The fraction of sp³-hybridized carbons (Fsp3) is 0.364. The highest BCUT2D eigenvalue weighted by molar-refractivity contribution is 5.96. The molecule has 1 aromatic carbocycles. The first-order chi connectivity index (χ1) is 7.95. The zero-order valence-electron chi connectivity index (χ0n) is 9.98. The summed E-state index contributed by atoms with van der Waals surface area (Å²) >= 11 is 0. The van der Waals surface area contributed by atoms with Crippen molar-refractivity contribution in [2.45, 2.75) is 19.9 Å². The minimum atomic E-state index is -0.515. The first-order valence-electron chi connectivity index (χ1n) is 5.19. The maximum atomic E-state index is 11.6. The highest BCUT2D eigenvalue weighted by Crippen LogP contribution is 2.25. The number of benzene rings is 1. The van der Waals surface area contributed by atoms with E-state index in [1.54, 1.807) is 33.0 Å². The number of anilines is 1. The zero-order valence-corrected chi connectivity index (χ0v) is 9.98. The van der Waals surface area contributed by atoms with Crippen LogP contribution in [0.2, 0.25) is 0 Å². The Bertz CT molecular complexity index is 446. The van der Waals surface area contributed by atoms with Gasteiger partial charge in [-0.3, -0.25) is 14.9 Å². The molecule has 0 saturated heterocycles. The van der Waals surface area contributed by atoms with Gasteiger partial charge in [0.2, 0.25) is 5.91 Å². The standard InChI is InChI=1S/C11H15N3O3/c1-7-4-5-10(14(16)17)9(6-7)13-11(15)8(2)12-3/h4-6,8,12H,1-3H3,(H,13,15). The van der Waals surface area contributed by atoms with E-state index in [-0.39, 0.29) is 17.3 Å². The third kappa shape index (κ3) is 3.25. The molecule has 6 nitrogen and oxygen atoms in total. The number of nitro groups is 1. The van der Waals surface area contributed by atoms with E-state index in [4.69, 9.17) is 0 Å². The summed E-state index contributed by atoms with van der Waals surface area (Å²) < 4.78 is 0. The maximum Gasteiger partial charge on any atom is 0.292 e. The van der Waals surface area contributed by atoms with Crippen LogP contribution in [0.4, 0.5) is 11.4 Å². The van der Waals surface area contributed by atoms with Gasteiger partial charge in [0.15, 0.2) is 0 Å². The molecule has 1 unspecified atom stereocenters. The van der Waals surface area contributed by atoms with Crippen LogP contribution in [0.5, 0.6) is 0 Å². The third-order valence-electron chi connectivity index (χ3n) is 2.43. The number of likely N-dealkylation sites (N-methyl/N-ethyl adjacent to an activating group) is 1. The van der Waals surface area contributed by atoms with E-state index >= 15 is 0 Å². The Morgan fingerprint density at radius 1 is 1.47 bits per heavy atom. The number of nitrogens with one attached hydrogen (secondary N) is 2. The second-order valence-corrected chi connectivity index (χ2v) is 3.78. The highest BCUT2D eigenvalue weighted by Gasteiger charge is 2.18. The van der Waals surface area contributed by atoms with Crippen molar-refractivity contribution in [1.82, 2.24) is 5.32 Å². The molecule has 2 N–H and O–H groups in total. The number of carbonyl (C=O) groups is 1. The molecule has 0 aliphatic carbocycles. The van der Waals surface area contributed by atoms with Gasteiger partial charge in [-0.2, -0.15) is 0 Å². The van der Waals surface area contributed by atoms with Crippen LogP contribution in [-0.4, -0.2) is 23.9 Å². The van der Waals surface area contributed by atoms with Crippen LogP contribution in [0.1, 0.15) is 12.5 Å². The molecule has 0 aliphatic heterocycles. The molecule has 0 bridgehead atoms. The van der Waals surface area contributed by atoms with Crippen molar-refractivity contribution in [3.8, 4) is 0 Å². The normalized spacial score (nSPS) is 11.9. The van der Waals surface area contributed by atoms with Gasteiger partial charge in [-0.1, -0.05) is 6.07 Å². The van der Waals surface area contributed by atoms with E-state index in [9.17, 15) is 14.9 Å². The van der Waals surface area contributed by atoms with Gasteiger partial charge < -0.3 is 10.6 Å². The number of nitrogens with zero attached hydrogens (tertiary/aromatic N) is 1. The number of hydrogen-bond acceptors (Lipinski definition) is 4. The minimum Gasteiger partial charge on any atom is -0.319 e. The topological polar surface area (TPSA) is 84.3 Å². The molecular formula is C11H15N3O3. The third-order valence-corrected chi connectivity index (χ3v) is 2.43. The van der Waals surface area contributed by atoms with Crippen molar-refractivity contribution >= 4 is 17.3 Å². The van der Waals surface area contributed by atoms with Crippen molar-refractivity contribution in [3.63, 3.8) is 0 Å². The molecule has 0 radical (unpaired) electrons. The van der Waals surface area contributed by atoms with Gasteiger partial charge in [-0.25, -0.2) is 0 Å². The molecule has 1 rings (SSSR count). The van der Waals surface area contributed by atoms with Crippen molar-refractivity contribution < 1.29 is 9.72 Å². The van der Waals surface area contributed by atoms with Gasteiger partial charge in [-0.05, 0) is 32.5 Å². The van der Waals surface area contributed by atoms with E-state index in [0.717, 1.165) is 5.56 Å². The van der Waals surface area contributed by atoms with Gasteiger partial charge >= 0.3 is 0 Å². The SMILES string of the molecule is CNC(C)C(=O)Nc1cc(C)ccc1[N+](=O)[O-]. The Hall–Kier alpha value is -1.95. The molecule has 0 heterocycles. The van der Waals surface area contributed by atoms with Crippen LogP contribution in [0.3, 0.4) is 0 Å². The van der Waals surface area contributed by atoms with Crippen LogP contribution in [0.15, 0.2) is 18.2 Å². The van der Waals surface area contributed by atoms with E-state index < -0.39 is 11.0 Å². The van der Waals surface area contributed by atoms with Crippen LogP contribution in [-0.2, 0) is 4.79 Å². The number of rotatable bonds is 4. The molecule has 6 heteroatoms. The lowest BCUT2D eigenvalue weighted by atomic mass is 10.2. The Labute approximate surface area is 99.2 Å². The van der Waals surface area contributed by atoms with Crippen molar-refractivity contribution in [3.05, 3.63) is 33.9 Å². The number of carbonyl (C=O) groups excluding carboxylic acids is 1. The molecular weight excluding hydrogens is 222 g/mol. The Morgan fingerprint density at radius 3 is 2.65 bits per heavy atom. The van der Waals surface area contributed by atoms with Crippen LogP contribution in [0, 0.1) is 17.0 Å². The molecule has 0 fully saturated rings. The molecule has 1 atom stereocenters. The first kappa shape index (κ1) is 13.1. The summed E-state index contributed by atoms with van der Waals surface area (Å²) in [6, 6.07) is 4.19. The largest absolute Gasteiger partial charge is 0.319 e. The molecule has 0 saturated carbocycles. The fourth-order valence-corrected chi connectivity index (χ4v) is 1.28. The average Bonchev–Trinajstić information content (AvgIpc) is 2.27. The summed E-state index contributed by atoms with van der Waals surface area (Å²) in [5.74, 6) is -0.304. The molecule has 17 heavy (non-hydrogen) atoms. The Balaban J connectivity index is 3.00. The highest BCUT2D eigenvalue weighted by atomic mass is 16.6. The van der Waals surface area contributed by atoms with Crippen molar-refractivity contribution in [2.75, 3.05) is 12.4 Å². The molecule has 0 aromatic heterocycles. The van der Waals surface area contributed by atoms with Gasteiger partial charge in [0.1, 0.15) is 5.69 Å². The van der Waals surface area contributed by atoms with Crippen molar-refractivity contribution in [1.29, 1.82) is 0 Å². The van der Waals surface area contributed by atoms with E-state index in [1.807, 2.05) is 0 Å². The number of amides is 1. The van der Waals surface area contributed by atoms with Crippen molar-refractivity contribution in [2.24, 2.45) is 0 Å². The summed E-state index contributed by atoms with van der Waals surface area (Å²) in [5.41, 5.74) is 0.970. The predicted octanol–water partition coefficient (Wildman–Crippen LogP) is 1.45. The minimum absolute atomic E-state index is 0.104. The second kappa shape index (κ2) is 5.40. The predicted molar refractivity (Wildman–Crippen MR) is 65.0 cm³/mol. The van der Waals surface area contributed by atoms with Crippen LogP contribution in [0.25, 0.3) is 0 Å².